The highest BCUT2D eigenvalue weighted by Crippen LogP contribution is 1.98. The minimum atomic E-state index is 0.263. The molecule has 0 saturated heterocycles. The number of hydrogen-bond donors (Lipinski definition) is 1. The number of likely N-dealkylation sites (N-methyl/N-ethyl adjacent to an activating group) is 2. The largest absolute Gasteiger partial charge is 0.318 e. The van der Waals surface area contributed by atoms with Crippen molar-refractivity contribution in [1.29, 1.82) is 0 Å². The van der Waals surface area contributed by atoms with Crippen LogP contribution in [0.15, 0.2) is 0 Å². The summed E-state index contributed by atoms with van der Waals surface area (Å²) in [5.41, 5.74) is 0. The third-order valence-electron chi connectivity index (χ3n) is 1.50. The molecule has 3 nitrogen and oxygen atoms in total. The van der Waals surface area contributed by atoms with E-state index in [4.69, 9.17) is 4.84 Å². The minimum Gasteiger partial charge on any atom is -0.318 e. The Morgan fingerprint density at radius 1 is 1.36 bits per heavy atom. The zero-order valence-corrected chi connectivity index (χ0v) is 8.22. The van der Waals surface area contributed by atoms with E-state index in [2.05, 4.69) is 12.2 Å². The van der Waals surface area contributed by atoms with Crippen molar-refractivity contribution < 1.29 is 4.84 Å². The monoisotopic (exact) mass is 160 g/mol. The molecule has 11 heavy (non-hydrogen) atoms. The fourth-order valence-electron chi connectivity index (χ4n) is 0.860. The summed E-state index contributed by atoms with van der Waals surface area (Å²) in [4.78, 5) is 5.46. The molecule has 0 radical (unpaired) electrons. The van der Waals surface area contributed by atoms with Crippen LogP contribution in [-0.4, -0.2) is 37.8 Å². The molecule has 0 rings (SSSR count). The van der Waals surface area contributed by atoms with E-state index in [0.717, 1.165) is 6.54 Å². The van der Waals surface area contributed by atoms with E-state index in [-0.39, 0.29) is 6.10 Å². The van der Waals surface area contributed by atoms with Crippen LogP contribution < -0.4 is 5.32 Å². The van der Waals surface area contributed by atoms with Gasteiger partial charge in [0.1, 0.15) is 0 Å². The summed E-state index contributed by atoms with van der Waals surface area (Å²) in [6, 6.07) is 0.419. The van der Waals surface area contributed by atoms with Gasteiger partial charge in [0.15, 0.2) is 0 Å². The molecular formula is C8H20N2O. The van der Waals surface area contributed by atoms with Crippen LogP contribution in [0.3, 0.4) is 0 Å². The summed E-state index contributed by atoms with van der Waals surface area (Å²) in [5, 5.41) is 4.99. The zero-order valence-electron chi connectivity index (χ0n) is 8.22. The fraction of sp³-hybridized carbons (Fsp3) is 1.00. The van der Waals surface area contributed by atoms with Gasteiger partial charge in [0.2, 0.25) is 0 Å². The lowest BCUT2D eigenvalue weighted by Crippen LogP contribution is -2.38. The summed E-state index contributed by atoms with van der Waals surface area (Å²) < 4.78 is 0. The third-order valence-corrected chi connectivity index (χ3v) is 1.50. The number of nitrogens with zero attached hydrogens (tertiary/aromatic N) is 1. The summed E-state index contributed by atoms with van der Waals surface area (Å²) in [6.45, 7) is 7.13. The second-order valence-corrected chi connectivity index (χ2v) is 3.11. The van der Waals surface area contributed by atoms with E-state index in [0.29, 0.717) is 6.04 Å². The van der Waals surface area contributed by atoms with Crippen molar-refractivity contribution in [2.24, 2.45) is 0 Å². The molecule has 0 aliphatic rings. The van der Waals surface area contributed by atoms with Gasteiger partial charge >= 0.3 is 0 Å². The molecule has 1 N–H and O–H groups in total. The normalized spacial score (nSPS) is 14.5. The number of hydrogen-bond acceptors (Lipinski definition) is 3. The highest BCUT2D eigenvalue weighted by molar-refractivity contribution is 4.57. The van der Waals surface area contributed by atoms with Crippen molar-refractivity contribution in [2.75, 3.05) is 20.6 Å². The lowest BCUT2D eigenvalue weighted by atomic mass is 10.3. The van der Waals surface area contributed by atoms with Crippen molar-refractivity contribution in [1.82, 2.24) is 10.4 Å². The Kier molecular flexibility index (Phi) is 5.46. The maximum Gasteiger partial charge on any atom is 0.0737 e. The molecule has 0 aromatic rings. The van der Waals surface area contributed by atoms with Crippen LogP contribution in [0, 0.1) is 0 Å². The number of hydroxylamine groups is 2. The predicted octanol–water partition coefficient (Wildman–Crippen LogP) is 0.866. The Morgan fingerprint density at radius 2 is 1.91 bits per heavy atom. The van der Waals surface area contributed by atoms with Crippen molar-refractivity contribution >= 4 is 0 Å². The molecule has 0 amide bonds. The first kappa shape index (κ1) is 10.9. The average molecular weight is 160 g/mol. The number of nitrogens with one attached hydrogen (secondary N) is 1. The molecule has 0 bridgehead atoms. The molecule has 0 spiro atoms. The molecule has 1 atom stereocenters. The van der Waals surface area contributed by atoms with Gasteiger partial charge in [-0.25, -0.2) is 0 Å². The van der Waals surface area contributed by atoms with Gasteiger partial charge in [-0.3, -0.25) is 4.84 Å². The van der Waals surface area contributed by atoms with Crippen molar-refractivity contribution in [3.8, 4) is 0 Å². The zero-order chi connectivity index (χ0) is 8.85. The Morgan fingerprint density at radius 3 is 2.27 bits per heavy atom. The van der Waals surface area contributed by atoms with E-state index < -0.39 is 0 Å². The third kappa shape index (κ3) is 5.18. The van der Waals surface area contributed by atoms with E-state index in [1.54, 1.807) is 0 Å². The first-order valence-electron chi connectivity index (χ1n) is 4.12. The molecule has 0 aromatic carbocycles. The molecular weight excluding hydrogens is 140 g/mol. The van der Waals surface area contributed by atoms with Gasteiger partial charge in [-0.1, -0.05) is 0 Å². The Balaban J connectivity index is 3.54. The van der Waals surface area contributed by atoms with Crippen LogP contribution in [0.1, 0.15) is 20.8 Å². The Labute approximate surface area is 69.7 Å². The van der Waals surface area contributed by atoms with E-state index in [1.807, 2.05) is 33.0 Å². The number of rotatable bonds is 5. The summed E-state index contributed by atoms with van der Waals surface area (Å²) in [6.07, 6.45) is 0.263. The van der Waals surface area contributed by atoms with Crippen LogP contribution in [0.2, 0.25) is 0 Å². The van der Waals surface area contributed by atoms with Crippen LogP contribution in [0.4, 0.5) is 0 Å². The van der Waals surface area contributed by atoms with E-state index in [1.165, 1.54) is 0 Å². The van der Waals surface area contributed by atoms with Gasteiger partial charge in [0.05, 0.1) is 6.10 Å². The summed E-state index contributed by atoms with van der Waals surface area (Å²) in [5.74, 6) is 0. The Bertz CT molecular complexity index is 96.1. The summed E-state index contributed by atoms with van der Waals surface area (Å²) in [7, 11) is 3.90. The Hall–Kier alpha value is -0.120. The van der Waals surface area contributed by atoms with E-state index in [9.17, 15) is 0 Å². The minimum absolute atomic E-state index is 0.263. The van der Waals surface area contributed by atoms with Gasteiger partial charge in [0, 0.05) is 19.6 Å². The second-order valence-electron chi connectivity index (χ2n) is 3.11. The molecule has 1 unspecified atom stereocenters. The molecule has 0 aliphatic carbocycles. The van der Waals surface area contributed by atoms with Crippen molar-refractivity contribution in [2.45, 2.75) is 32.9 Å². The molecule has 0 heterocycles. The smallest absolute Gasteiger partial charge is 0.0737 e. The molecule has 0 aliphatic heterocycles. The first-order chi connectivity index (χ1) is 5.07. The van der Waals surface area contributed by atoms with Crippen LogP contribution in [-0.2, 0) is 4.84 Å². The van der Waals surface area contributed by atoms with Gasteiger partial charge in [-0.15, -0.1) is 0 Å². The average Bonchev–Trinajstić information content (AvgIpc) is 1.86. The predicted molar refractivity (Wildman–Crippen MR) is 47.4 cm³/mol. The maximum absolute atomic E-state index is 5.46. The SMILES string of the molecule is CNCC(C)N(C)OC(C)C. The molecule has 3 heteroatoms. The van der Waals surface area contributed by atoms with Crippen LogP contribution in [0.25, 0.3) is 0 Å². The molecule has 0 aromatic heterocycles. The standard InChI is InChI=1S/C8H20N2O/c1-7(2)11-10(5)8(3)6-9-4/h7-9H,6H2,1-5H3. The molecule has 0 fully saturated rings. The van der Waals surface area contributed by atoms with Crippen LogP contribution >= 0.6 is 0 Å². The topological polar surface area (TPSA) is 24.5 Å². The second kappa shape index (κ2) is 5.52. The van der Waals surface area contributed by atoms with Gasteiger partial charge < -0.3 is 5.32 Å². The highest BCUT2D eigenvalue weighted by atomic mass is 16.7. The quantitative estimate of drug-likeness (QED) is 0.604. The lowest BCUT2D eigenvalue weighted by molar-refractivity contribution is -0.190. The van der Waals surface area contributed by atoms with Gasteiger partial charge in [0.25, 0.3) is 0 Å². The lowest BCUT2D eigenvalue weighted by Gasteiger charge is -2.25. The highest BCUT2D eigenvalue weighted by Gasteiger charge is 2.09. The van der Waals surface area contributed by atoms with Gasteiger partial charge in [-0.05, 0) is 27.8 Å². The van der Waals surface area contributed by atoms with Gasteiger partial charge in [-0.2, -0.15) is 5.06 Å². The summed E-state index contributed by atoms with van der Waals surface area (Å²) >= 11 is 0. The van der Waals surface area contributed by atoms with Crippen LogP contribution in [0.5, 0.6) is 0 Å². The van der Waals surface area contributed by atoms with Crippen molar-refractivity contribution in [3.63, 3.8) is 0 Å². The molecule has 68 valence electrons. The van der Waals surface area contributed by atoms with E-state index >= 15 is 0 Å². The molecule has 0 saturated carbocycles. The van der Waals surface area contributed by atoms with Crippen molar-refractivity contribution in [3.05, 3.63) is 0 Å². The maximum atomic E-state index is 5.46. The first-order valence-corrected chi connectivity index (χ1v) is 4.12. The fourth-order valence-corrected chi connectivity index (χ4v) is 0.860.